The summed E-state index contributed by atoms with van der Waals surface area (Å²) in [6.45, 7) is 3.14. The van der Waals surface area contributed by atoms with Gasteiger partial charge in [-0.05, 0) is 19.1 Å². The van der Waals surface area contributed by atoms with E-state index in [1.165, 1.54) is 31.2 Å². The molecule has 2 unspecified atom stereocenters. The van der Waals surface area contributed by atoms with E-state index in [2.05, 4.69) is 0 Å². The molecule has 0 radical (unpaired) electrons. The highest BCUT2D eigenvalue weighted by molar-refractivity contribution is 5.66. The Bertz CT molecular complexity index is 446. The summed E-state index contributed by atoms with van der Waals surface area (Å²) in [7, 11) is 0. The van der Waals surface area contributed by atoms with Gasteiger partial charge in [-0.2, -0.15) is 0 Å². The SMILES string of the molecule is CC(=O)OC(CN)C(C)Oc1ccc([N+](=O)[O-])cc1. The van der Waals surface area contributed by atoms with Crippen molar-refractivity contribution in [1.82, 2.24) is 0 Å². The molecule has 7 heteroatoms. The smallest absolute Gasteiger partial charge is 0.303 e. The minimum absolute atomic E-state index is 0.0182. The van der Waals surface area contributed by atoms with Crippen LogP contribution in [0, 0.1) is 10.1 Å². The lowest BCUT2D eigenvalue weighted by atomic mass is 10.2. The van der Waals surface area contributed by atoms with E-state index in [0.717, 1.165) is 0 Å². The van der Waals surface area contributed by atoms with Crippen molar-refractivity contribution >= 4 is 11.7 Å². The second kappa shape index (κ2) is 6.69. The molecule has 0 aliphatic rings. The largest absolute Gasteiger partial charge is 0.487 e. The van der Waals surface area contributed by atoms with Crippen LogP contribution in [0.25, 0.3) is 0 Å². The summed E-state index contributed by atoms with van der Waals surface area (Å²) in [6.07, 6.45) is -1.01. The quantitative estimate of drug-likeness (QED) is 0.473. The molecule has 0 saturated carbocycles. The third-order valence-corrected chi connectivity index (χ3v) is 2.44. The fourth-order valence-corrected chi connectivity index (χ4v) is 1.49. The molecule has 7 nitrogen and oxygen atoms in total. The molecule has 1 aromatic rings. The normalized spacial score (nSPS) is 13.4. The molecule has 1 aromatic carbocycles. The summed E-state index contributed by atoms with van der Waals surface area (Å²) in [4.78, 5) is 20.9. The van der Waals surface area contributed by atoms with Gasteiger partial charge in [0.05, 0.1) is 4.92 Å². The molecular formula is C12H16N2O5. The molecule has 1 rings (SSSR count). The van der Waals surface area contributed by atoms with Crippen molar-refractivity contribution in [2.24, 2.45) is 5.73 Å². The number of esters is 1. The molecule has 0 heterocycles. The number of hydrogen-bond acceptors (Lipinski definition) is 6. The number of ether oxygens (including phenoxy) is 2. The van der Waals surface area contributed by atoms with Crippen LogP contribution in [0.5, 0.6) is 5.75 Å². The number of carbonyl (C=O) groups excluding carboxylic acids is 1. The van der Waals surface area contributed by atoms with Gasteiger partial charge in [0.15, 0.2) is 6.10 Å². The van der Waals surface area contributed by atoms with Crippen LogP contribution in [0.2, 0.25) is 0 Å². The van der Waals surface area contributed by atoms with Crippen molar-refractivity contribution in [2.75, 3.05) is 6.54 Å². The van der Waals surface area contributed by atoms with Crippen LogP contribution in [0.3, 0.4) is 0 Å². The van der Waals surface area contributed by atoms with E-state index in [1.807, 2.05) is 0 Å². The number of carbonyl (C=O) groups is 1. The first-order valence-electron chi connectivity index (χ1n) is 5.72. The van der Waals surface area contributed by atoms with Crippen molar-refractivity contribution in [3.05, 3.63) is 34.4 Å². The van der Waals surface area contributed by atoms with Crippen molar-refractivity contribution in [1.29, 1.82) is 0 Å². The Morgan fingerprint density at radius 2 is 2.00 bits per heavy atom. The fraction of sp³-hybridized carbons (Fsp3) is 0.417. The van der Waals surface area contributed by atoms with Gasteiger partial charge in [-0.25, -0.2) is 0 Å². The van der Waals surface area contributed by atoms with E-state index in [9.17, 15) is 14.9 Å². The maximum Gasteiger partial charge on any atom is 0.303 e. The predicted octanol–water partition coefficient (Wildman–Crippen LogP) is 1.25. The first-order chi connectivity index (χ1) is 8.93. The lowest BCUT2D eigenvalue weighted by molar-refractivity contribution is -0.384. The average molecular weight is 268 g/mol. The van der Waals surface area contributed by atoms with Crippen LogP contribution in [0.1, 0.15) is 13.8 Å². The number of nitro benzene ring substituents is 1. The number of nitrogens with zero attached hydrogens (tertiary/aromatic N) is 1. The number of hydrogen-bond donors (Lipinski definition) is 1. The van der Waals surface area contributed by atoms with Gasteiger partial charge >= 0.3 is 5.97 Å². The monoisotopic (exact) mass is 268 g/mol. The maximum atomic E-state index is 10.9. The summed E-state index contributed by atoms with van der Waals surface area (Å²) in [6, 6.07) is 5.64. The minimum atomic E-state index is -0.562. The van der Waals surface area contributed by atoms with E-state index >= 15 is 0 Å². The van der Waals surface area contributed by atoms with Crippen LogP contribution in [-0.2, 0) is 9.53 Å². The summed E-state index contributed by atoms with van der Waals surface area (Å²) in [5.41, 5.74) is 5.47. The Morgan fingerprint density at radius 1 is 1.42 bits per heavy atom. The summed E-state index contributed by atoms with van der Waals surface area (Å²) >= 11 is 0. The van der Waals surface area contributed by atoms with Crippen LogP contribution in [0.4, 0.5) is 5.69 Å². The van der Waals surface area contributed by atoms with Gasteiger partial charge < -0.3 is 15.2 Å². The van der Waals surface area contributed by atoms with Gasteiger partial charge in [0, 0.05) is 25.6 Å². The van der Waals surface area contributed by atoms with E-state index in [-0.39, 0.29) is 12.2 Å². The van der Waals surface area contributed by atoms with Crippen molar-refractivity contribution in [3.8, 4) is 5.75 Å². The van der Waals surface area contributed by atoms with Gasteiger partial charge in [0.25, 0.3) is 5.69 Å². The zero-order chi connectivity index (χ0) is 14.4. The van der Waals surface area contributed by atoms with Gasteiger partial charge in [-0.3, -0.25) is 14.9 Å². The van der Waals surface area contributed by atoms with Gasteiger partial charge in [0.1, 0.15) is 11.9 Å². The molecule has 2 N–H and O–H groups in total. The Hall–Kier alpha value is -2.15. The van der Waals surface area contributed by atoms with Crippen LogP contribution >= 0.6 is 0 Å². The Morgan fingerprint density at radius 3 is 2.42 bits per heavy atom. The topological polar surface area (TPSA) is 105 Å². The van der Waals surface area contributed by atoms with Crippen molar-refractivity contribution in [2.45, 2.75) is 26.1 Å². The van der Waals surface area contributed by atoms with Crippen LogP contribution in [0.15, 0.2) is 24.3 Å². The molecule has 104 valence electrons. The molecule has 19 heavy (non-hydrogen) atoms. The van der Waals surface area contributed by atoms with Gasteiger partial charge in [-0.15, -0.1) is 0 Å². The second-order valence-electron chi connectivity index (χ2n) is 3.96. The highest BCUT2D eigenvalue weighted by atomic mass is 16.6. The number of nitrogens with two attached hydrogens (primary N) is 1. The molecule has 0 bridgehead atoms. The zero-order valence-electron chi connectivity index (χ0n) is 10.7. The number of rotatable bonds is 6. The van der Waals surface area contributed by atoms with Gasteiger partial charge in [0.2, 0.25) is 0 Å². The fourth-order valence-electron chi connectivity index (χ4n) is 1.49. The number of non-ortho nitro benzene ring substituents is 1. The number of benzene rings is 1. The van der Waals surface area contributed by atoms with E-state index in [4.69, 9.17) is 15.2 Å². The predicted molar refractivity (Wildman–Crippen MR) is 67.8 cm³/mol. The van der Waals surface area contributed by atoms with Crippen molar-refractivity contribution in [3.63, 3.8) is 0 Å². The van der Waals surface area contributed by atoms with Crippen LogP contribution < -0.4 is 10.5 Å². The third-order valence-electron chi connectivity index (χ3n) is 2.44. The maximum absolute atomic E-state index is 10.9. The zero-order valence-corrected chi connectivity index (χ0v) is 10.7. The lowest BCUT2D eigenvalue weighted by Gasteiger charge is -2.23. The van der Waals surface area contributed by atoms with Crippen LogP contribution in [-0.4, -0.2) is 29.6 Å². The summed E-state index contributed by atoms with van der Waals surface area (Å²) in [5.74, 6) is 0.0123. The molecular weight excluding hydrogens is 252 g/mol. The third kappa shape index (κ3) is 4.55. The Kier molecular flexibility index (Phi) is 5.25. The first kappa shape index (κ1) is 14.9. The highest BCUT2D eigenvalue weighted by Crippen LogP contribution is 2.19. The summed E-state index contributed by atoms with van der Waals surface area (Å²) < 4.78 is 10.5. The van der Waals surface area contributed by atoms with Crippen molar-refractivity contribution < 1.29 is 19.2 Å². The van der Waals surface area contributed by atoms with Gasteiger partial charge in [-0.1, -0.05) is 0 Å². The van der Waals surface area contributed by atoms with E-state index in [1.54, 1.807) is 6.92 Å². The first-order valence-corrected chi connectivity index (χ1v) is 5.72. The molecule has 0 aliphatic heterocycles. The Balaban J connectivity index is 2.67. The molecule has 0 spiro atoms. The lowest BCUT2D eigenvalue weighted by Crippen LogP contribution is -2.38. The Labute approximate surface area is 110 Å². The number of nitro groups is 1. The average Bonchev–Trinajstić information content (AvgIpc) is 2.36. The van der Waals surface area contributed by atoms with E-state index < -0.39 is 23.1 Å². The molecule has 0 aliphatic carbocycles. The molecule has 0 amide bonds. The molecule has 0 fully saturated rings. The molecule has 2 atom stereocenters. The van der Waals surface area contributed by atoms with E-state index in [0.29, 0.717) is 5.75 Å². The molecule has 0 aromatic heterocycles. The molecule has 0 saturated heterocycles. The minimum Gasteiger partial charge on any atom is -0.487 e. The summed E-state index contributed by atoms with van der Waals surface area (Å²) in [5, 5.41) is 10.5. The highest BCUT2D eigenvalue weighted by Gasteiger charge is 2.20. The second-order valence-corrected chi connectivity index (χ2v) is 3.96. The standard InChI is InChI=1S/C12H16N2O5/c1-8(12(7-13)19-9(2)15)18-11-5-3-10(4-6-11)14(16)17/h3-6,8,12H,7,13H2,1-2H3.